The van der Waals surface area contributed by atoms with Crippen LogP contribution in [-0.4, -0.2) is 24.2 Å². The summed E-state index contributed by atoms with van der Waals surface area (Å²) in [5, 5.41) is 3.45. The molecule has 5 nitrogen and oxygen atoms in total. The van der Waals surface area contributed by atoms with E-state index in [0.29, 0.717) is 13.1 Å². The van der Waals surface area contributed by atoms with E-state index in [0.717, 1.165) is 45.1 Å². The summed E-state index contributed by atoms with van der Waals surface area (Å²) in [6.45, 7) is 5.47. The van der Waals surface area contributed by atoms with E-state index in [2.05, 4.69) is 34.3 Å². The monoisotopic (exact) mass is 363 g/mol. The third kappa shape index (κ3) is 4.63. The maximum Gasteiger partial charge on any atom is 0.127 e. The van der Waals surface area contributed by atoms with Gasteiger partial charge in [0.25, 0.3) is 0 Å². The van der Waals surface area contributed by atoms with Gasteiger partial charge >= 0.3 is 0 Å². The molecule has 0 saturated carbocycles. The Bertz CT molecular complexity index is 925. The molecule has 3 rings (SSSR count). The second kappa shape index (κ2) is 8.64. The standard InChI is InChI=1S/C22H25N3O2/c1-15-9-19(17-7-8-24-16(2)10-17)13-25-21(15)14-23-12-18-5-6-20(26-3)11-22(18)27-4/h5-11,13,23H,12,14H2,1-4H3. The molecule has 0 spiro atoms. The van der Waals surface area contributed by atoms with Gasteiger partial charge in [0, 0.05) is 48.4 Å². The summed E-state index contributed by atoms with van der Waals surface area (Å²) in [6.07, 6.45) is 3.75. The van der Waals surface area contributed by atoms with E-state index in [4.69, 9.17) is 9.47 Å². The van der Waals surface area contributed by atoms with Gasteiger partial charge in [-0.05, 0) is 49.2 Å². The lowest BCUT2D eigenvalue weighted by molar-refractivity contribution is 0.389. The van der Waals surface area contributed by atoms with Crippen molar-refractivity contribution in [2.75, 3.05) is 14.2 Å². The summed E-state index contributed by atoms with van der Waals surface area (Å²) in [7, 11) is 3.32. The van der Waals surface area contributed by atoms with E-state index in [1.807, 2.05) is 43.6 Å². The first-order valence-corrected chi connectivity index (χ1v) is 8.91. The first-order chi connectivity index (χ1) is 13.1. The molecule has 0 aliphatic carbocycles. The lowest BCUT2D eigenvalue weighted by Crippen LogP contribution is -2.15. The molecule has 2 heterocycles. The fraction of sp³-hybridized carbons (Fsp3) is 0.273. The van der Waals surface area contributed by atoms with E-state index in [1.54, 1.807) is 14.2 Å². The molecule has 0 aliphatic heterocycles. The van der Waals surface area contributed by atoms with Crippen molar-refractivity contribution in [3.8, 4) is 22.6 Å². The molecule has 2 aromatic heterocycles. The lowest BCUT2D eigenvalue weighted by Gasteiger charge is -2.12. The third-order valence-electron chi connectivity index (χ3n) is 4.52. The van der Waals surface area contributed by atoms with Crippen molar-refractivity contribution < 1.29 is 9.47 Å². The first-order valence-electron chi connectivity index (χ1n) is 8.91. The number of nitrogens with one attached hydrogen (secondary N) is 1. The zero-order valence-corrected chi connectivity index (χ0v) is 16.2. The summed E-state index contributed by atoms with van der Waals surface area (Å²) in [6, 6.07) is 12.1. The van der Waals surface area contributed by atoms with Crippen LogP contribution in [-0.2, 0) is 13.1 Å². The van der Waals surface area contributed by atoms with Crippen LogP contribution in [0.1, 0.15) is 22.5 Å². The van der Waals surface area contributed by atoms with Crippen LogP contribution in [0.25, 0.3) is 11.1 Å². The topological polar surface area (TPSA) is 56.3 Å². The van der Waals surface area contributed by atoms with Gasteiger partial charge in [0.05, 0.1) is 19.9 Å². The van der Waals surface area contributed by atoms with Gasteiger partial charge < -0.3 is 14.8 Å². The van der Waals surface area contributed by atoms with Crippen molar-refractivity contribution in [2.45, 2.75) is 26.9 Å². The van der Waals surface area contributed by atoms with Gasteiger partial charge in [-0.3, -0.25) is 9.97 Å². The number of hydrogen-bond donors (Lipinski definition) is 1. The van der Waals surface area contributed by atoms with E-state index < -0.39 is 0 Å². The van der Waals surface area contributed by atoms with Gasteiger partial charge in [0.1, 0.15) is 11.5 Å². The zero-order valence-electron chi connectivity index (χ0n) is 16.2. The Labute approximate surface area is 160 Å². The quantitative estimate of drug-likeness (QED) is 0.686. The fourth-order valence-electron chi connectivity index (χ4n) is 2.98. The maximum atomic E-state index is 5.45. The Balaban J connectivity index is 1.67. The number of benzene rings is 1. The minimum atomic E-state index is 0.691. The number of ether oxygens (including phenoxy) is 2. The minimum absolute atomic E-state index is 0.691. The highest BCUT2D eigenvalue weighted by Gasteiger charge is 2.07. The Morgan fingerprint density at radius 3 is 2.44 bits per heavy atom. The average molecular weight is 363 g/mol. The van der Waals surface area contributed by atoms with E-state index in [9.17, 15) is 0 Å². The average Bonchev–Trinajstić information content (AvgIpc) is 2.69. The Kier molecular flexibility index (Phi) is 6.04. The molecule has 0 bridgehead atoms. The highest BCUT2D eigenvalue weighted by Crippen LogP contribution is 2.25. The van der Waals surface area contributed by atoms with Crippen molar-refractivity contribution in [1.82, 2.24) is 15.3 Å². The largest absolute Gasteiger partial charge is 0.497 e. The summed E-state index contributed by atoms with van der Waals surface area (Å²) >= 11 is 0. The van der Waals surface area contributed by atoms with Gasteiger partial charge in [0.15, 0.2) is 0 Å². The molecule has 1 N–H and O–H groups in total. The van der Waals surface area contributed by atoms with Gasteiger partial charge in [-0.25, -0.2) is 0 Å². The molecule has 27 heavy (non-hydrogen) atoms. The van der Waals surface area contributed by atoms with Crippen molar-refractivity contribution in [2.24, 2.45) is 0 Å². The number of methoxy groups -OCH3 is 2. The number of aromatic nitrogens is 2. The number of nitrogens with zero attached hydrogens (tertiary/aromatic N) is 2. The Morgan fingerprint density at radius 2 is 1.74 bits per heavy atom. The predicted octanol–water partition coefficient (Wildman–Crippen LogP) is 4.07. The molecule has 0 saturated heterocycles. The number of aryl methyl sites for hydroxylation is 2. The molecule has 0 atom stereocenters. The normalized spacial score (nSPS) is 10.7. The Hall–Kier alpha value is -2.92. The van der Waals surface area contributed by atoms with Crippen molar-refractivity contribution in [1.29, 1.82) is 0 Å². The van der Waals surface area contributed by atoms with Crippen molar-refractivity contribution in [3.63, 3.8) is 0 Å². The molecule has 1 aromatic carbocycles. The van der Waals surface area contributed by atoms with E-state index in [-0.39, 0.29) is 0 Å². The summed E-state index contributed by atoms with van der Waals surface area (Å²) < 4.78 is 10.7. The molecule has 5 heteroatoms. The summed E-state index contributed by atoms with van der Waals surface area (Å²) in [5.41, 5.74) is 6.54. The molecule has 140 valence electrons. The van der Waals surface area contributed by atoms with Crippen LogP contribution < -0.4 is 14.8 Å². The highest BCUT2D eigenvalue weighted by molar-refractivity contribution is 5.63. The zero-order chi connectivity index (χ0) is 19.2. The molecule has 0 amide bonds. The number of rotatable bonds is 7. The van der Waals surface area contributed by atoms with Crippen LogP contribution >= 0.6 is 0 Å². The molecule has 0 fully saturated rings. The van der Waals surface area contributed by atoms with Gasteiger partial charge in [-0.2, -0.15) is 0 Å². The number of pyridine rings is 2. The van der Waals surface area contributed by atoms with Gasteiger partial charge in [-0.1, -0.05) is 6.07 Å². The van der Waals surface area contributed by atoms with E-state index in [1.165, 1.54) is 0 Å². The second-order valence-electron chi connectivity index (χ2n) is 6.45. The number of hydrogen-bond acceptors (Lipinski definition) is 5. The highest BCUT2D eigenvalue weighted by atomic mass is 16.5. The van der Waals surface area contributed by atoms with Crippen LogP contribution in [0.5, 0.6) is 11.5 Å². The lowest BCUT2D eigenvalue weighted by atomic mass is 10.1. The summed E-state index contributed by atoms with van der Waals surface area (Å²) in [4.78, 5) is 8.90. The van der Waals surface area contributed by atoms with Gasteiger partial charge in [0.2, 0.25) is 0 Å². The van der Waals surface area contributed by atoms with E-state index >= 15 is 0 Å². The molecular formula is C22H25N3O2. The maximum absolute atomic E-state index is 5.45. The second-order valence-corrected chi connectivity index (χ2v) is 6.45. The molecule has 0 unspecified atom stereocenters. The smallest absolute Gasteiger partial charge is 0.127 e. The van der Waals surface area contributed by atoms with Crippen molar-refractivity contribution in [3.05, 3.63) is 71.3 Å². The first kappa shape index (κ1) is 18.9. The minimum Gasteiger partial charge on any atom is -0.497 e. The molecule has 3 aromatic rings. The molecule has 0 radical (unpaired) electrons. The third-order valence-corrected chi connectivity index (χ3v) is 4.52. The summed E-state index contributed by atoms with van der Waals surface area (Å²) in [5.74, 6) is 1.60. The molecular weight excluding hydrogens is 338 g/mol. The van der Waals surface area contributed by atoms with Crippen LogP contribution in [0.4, 0.5) is 0 Å². The van der Waals surface area contributed by atoms with Crippen LogP contribution in [0.2, 0.25) is 0 Å². The van der Waals surface area contributed by atoms with Crippen LogP contribution in [0.3, 0.4) is 0 Å². The van der Waals surface area contributed by atoms with Gasteiger partial charge in [-0.15, -0.1) is 0 Å². The SMILES string of the molecule is COc1ccc(CNCc2ncc(-c3ccnc(C)c3)cc2C)c(OC)c1. The predicted molar refractivity (Wildman–Crippen MR) is 107 cm³/mol. The fourth-order valence-corrected chi connectivity index (χ4v) is 2.98. The Morgan fingerprint density at radius 1 is 0.889 bits per heavy atom. The van der Waals surface area contributed by atoms with Crippen molar-refractivity contribution >= 4 is 0 Å². The van der Waals surface area contributed by atoms with Crippen LogP contribution in [0.15, 0.2) is 48.8 Å². The van der Waals surface area contributed by atoms with Crippen LogP contribution in [0, 0.1) is 13.8 Å². The molecule has 0 aliphatic rings.